The van der Waals surface area contributed by atoms with Crippen LogP contribution in [0.2, 0.25) is 0 Å². The van der Waals surface area contributed by atoms with Crippen LogP contribution < -0.4 is 27.3 Å². The van der Waals surface area contributed by atoms with E-state index >= 15 is 0 Å². The summed E-state index contributed by atoms with van der Waals surface area (Å²) in [5, 5.41) is 10.8. The molecule has 0 bridgehead atoms. The average molecular weight is 498 g/mol. The molecule has 0 aliphatic heterocycles. The zero-order chi connectivity index (χ0) is 26.5. The number of benzene rings is 1. The Morgan fingerprint density at radius 2 is 1.81 bits per heavy atom. The number of nitrogens with zero attached hydrogens (tertiary/aromatic N) is 3. The SMILES string of the molecule is Cc1oc(=O)oc1COc1ccccc1N=Nc1ccc(NC(=O)C(OC(N)=O)C(C)(C)C)nc1N. The van der Waals surface area contributed by atoms with Gasteiger partial charge in [0.2, 0.25) is 0 Å². The summed E-state index contributed by atoms with van der Waals surface area (Å²) in [6, 6.07) is 9.80. The first kappa shape index (κ1) is 25.9. The summed E-state index contributed by atoms with van der Waals surface area (Å²) in [7, 11) is 0. The summed E-state index contributed by atoms with van der Waals surface area (Å²) in [6.45, 7) is 6.71. The molecular weight excluding hydrogens is 472 g/mol. The second-order valence-electron chi connectivity index (χ2n) is 8.66. The molecule has 0 aliphatic rings. The highest BCUT2D eigenvalue weighted by molar-refractivity contribution is 5.95. The van der Waals surface area contributed by atoms with Gasteiger partial charge in [-0.3, -0.25) is 4.79 Å². The fraction of sp³-hybridized carbons (Fsp3) is 0.304. The number of para-hydroxylation sites is 1. The van der Waals surface area contributed by atoms with Gasteiger partial charge in [-0.15, -0.1) is 10.2 Å². The van der Waals surface area contributed by atoms with Gasteiger partial charge in [0.15, 0.2) is 23.4 Å². The minimum absolute atomic E-state index is 0.00567. The Labute approximate surface area is 205 Å². The van der Waals surface area contributed by atoms with E-state index in [2.05, 4.69) is 20.5 Å². The summed E-state index contributed by atoms with van der Waals surface area (Å²) < 4.78 is 20.4. The van der Waals surface area contributed by atoms with Gasteiger partial charge < -0.3 is 35.1 Å². The number of nitrogens with two attached hydrogens (primary N) is 2. The number of azo groups is 1. The molecule has 190 valence electrons. The Morgan fingerprint density at radius 1 is 1.11 bits per heavy atom. The third-order valence-corrected chi connectivity index (χ3v) is 4.74. The number of hydrogen-bond donors (Lipinski definition) is 3. The van der Waals surface area contributed by atoms with Gasteiger partial charge >= 0.3 is 11.9 Å². The highest BCUT2D eigenvalue weighted by Crippen LogP contribution is 2.31. The van der Waals surface area contributed by atoms with Crippen LogP contribution in [-0.4, -0.2) is 23.1 Å². The van der Waals surface area contributed by atoms with Gasteiger partial charge in [0.25, 0.3) is 5.91 Å². The Bertz CT molecular complexity index is 1340. The Kier molecular flexibility index (Phi) is 7.72. The average Bonchev–Trinajstić information content (AvgIpc) is 3.12. The molecule has 3 rings (SSSR count). The van der Waals surface area contributed by atoms with Crippen LogP contribution in [0.3, 0.4) is 0 Å². The van der Waals surface area contributed by atoms with Crippen molar-refractivity contribution in [1.29, 1.82) is 0 Å². The van der Waals surface area contributed by atoms with Gasteiger partial charge in [-0.1, -0.05) is 32.9 Å². The standard InChI is InChI=1S/C23H26N6O7/c1-12-16(35-22(32)34-12)11-33-15-8-6-5-7-13(15)28-29-14-9-10-17(26-19(14)24)27-20(30)18(23(2,3)4)36-21(25)31/h5-10,18H,11H2,1-4H3,(H2,25,31)(H3,24,26,27,30). The highest BCUT2D eigenvalue weighted by Gasteiger charge is 2.34. The van der Waals surface area contributed by atoms with E-state index in [-0.39, 0.29) is 29.7 Å². The number of nitrogens with one attached hydrogen (secondary N) is 1. The van der Waals surface area contributed by atoms with Crippen molar-refractivity contribution in [3.05, 3.63) is 58.5 Å². The maximum atomic E-state index is 12.6. The van der Waals surface area contributed by atoms with Crippen molar-refractivity contribution < 1.29 is 27.9 Å². The van der Waals surface area contributed by atoms with Crippen LogP contribution in [0.25, 0.3) is 0 Å². The molecule has 2 aromatic heterocycles. The quantitative estimate of drug-likeness (QED) is 0.385. The number of primary amides is 1. The molecule has 1 atom stereocenters. The Hall–Kier alpha value is -4.68. The lowest BCUT2D eigenvalue weighted by molar-refractivity contribution is -0.129. The van der Waals surface area contributed by atoms with Gasteiger partial charge in [-0.2, -0.15) is 0 Å². The van der Waals surface area contributed by atoms with Gasteiger partial charge in [-0.25, -0.2) is 14.6 Å². The number of ether oxygens (including phenoxy) is 2. The molecule has 5 N–H and O–H groups in total. The minimum Gasteiger partial charge on any atom is -0.483 e. The molecule has 0 fully saturated rings. The predicted octanol–water partition coefficient (Wildman–Crippen LogP) is 3.96. The number of hydrogen-bond acceptors (Lipinski definition) is 11. The monoisotopic (exact) mass is 498 g/mol. The molecule has 0 saturated carbocycles. The Morgan fingerprint density at radius 3 is 2.42 bits per heavy atom. The molecule has 13 nitrogen and oxygen atoms in total. The van der Waals surface area contributed by atoms with Gasteiger partial charge in [-0.05, 0) is 31.2 Å². The molecule has 0 radical (unpaired) electrons. The fourth-order valence-corrected chi connectivity index (χ4v) is 2.97. The highest BCUT2D eigenvalue weighted by atomic mass is 16.6. The van der Waals surface area contributed by atoms with Crippen molar-refractivity contribution in [2.75, 3.05) is 11.1 Å². The van der Waals surface area contributed by atoms with Crippen LogP contribution in [0.15, 0.2) is 60.3 Å². The molecule has 13 heteroatoms. The molecule has 3 aromatic rings. The van der Waals surface area contributed by atoms with Crippen molar-refractivity contribution in [2.24, 2.45) is 21.4 Å². The van der Waals surface area contributed by atoms with Crippen LogP contribution in [0, 0.1) is 12.3 Å². The number of anilines is 2. The van der Waals surface area contributed by atoms with E-state index < -0.39 is 29.3 Å². The second-order valence-corrected chi connectivity index (χ2v) is 8.66. The van der Waals surface area contributed by atoms with E-state index in [0.29, 0.717) is 17.2 Å². The molecule has 0 saturated heterocycles. The summed E-state index contributed by atoms with van der Waals surface area (Å²) in [5.74, 6) is -0.350. The van der Waals surface area contributed by atoms with E-state index in [0.717, 1.165) is 0 Å². The number of carbonyl (C=O) groups excluding carboxylic acids is 2. The van der Waals surface area contributed by atoms with Crippen LogP contribution in [0.4, 0.5) is 27.8 Å². The van der Waals surface area contributed by atoms with E-state index in [1.54, 1.807) is 52.0 Å². The minimum atomic E-state index is -1.15. The molecule has 1 aromatic carbocycles. The first-order chi connectivity index (χ1) is 16.9. The first-order valence-electron chi connectivity index (χ1n) is 10.7. The van der Waals surface area contributed by atoms with E-state index in [9.17, 15) is 14.4 Å². The summed E-state index contributed by atoms with van der Waals surface area (Å²) in [6.07, 6.45) is -2.21. The number of aromatic nitrogens is 1. The van der Waals surface area contributed by atoms with Gasteiger partial charge in [0, 0.05) is 5.41 Å². The van der Waals surface area contributed by atoms with E-state index in [1.807, 2.05) is 0 Å². The molecule has 0 aliphatic carbocycles. The molecule has 2 amide bonds. The van der Waals surface area contributed by atoms with Gasteiger partial charge in [0.1, 0.15) is 29.5 Å². The first-order valence-corrected chi connectivity index (χ1v) is 10.7. The molecule has 1 unspecified atom stereocenters. The van der Waals surface area contributed by atoms with E-state index in [1.165, 1.54) is 12.1 Å². The van der Waals surface area contributed by atoms with Gasteiger partial charge in [0.05, 0.1) is 0 Å². The largest absolute Gasteiger partial charge is 0.519 e. The summed E-state index contributed by atoms with van der Waals surface area (Å²) in [5.41, 5.74) is 11.0. The zero-order valence-electron chi connectivity index (χ0n) is 20.1. The van der Waals surface area contributed by atoms with Crippen molar-refractivity contribution in [3.63, 3.8) is 0 Å². The normalized spacial score (nSPS) is 12.3. The van der Waals surface area contributed by atoms with Crippen molar-refractivity contribution in [1.82, 2.24) is 4.98 Å². The van der Waals surface area contributed by atoms with Crippen LogP contribution in [0.1, 0.15) is 32.3 Å². The smallest absolute Gasteiger partial charge is 0.483 e. The molecule has 2 heterocycles. The molecular formula is C23H26N6O7. The molecule has 0 spiro atoms. The van der Waals surface area contributed by atoms with E-state index in [4.69, 9.17) is 29.8 Å². The number of pyridine rings is 1. The lowest BCUT2D eigenvalue weighted by Gasteiger charge is -2.28. The van der Waals surface area contributed by atoms with Crippen molar-refractivity contribution >= 4 is 35.0 Å². The fourth-order valence-electron chi connectivity index (χ4n) is 2.97. The van der Waals surface area contributed by atoms with Crippen molar-refractivity contribution in [3.8, 4) is 5.75 Å². The topological polar surface area (TPSA) is 198 Å². The van der Waals surface area contributed by atoms with Crippen molar-refractivity contribution in [2.45, 2.75) is 40.4 Å². The number of rotatable bonds is 8. The maximum absolute atomic E-state index is 12.6. The lowest BCUT2D eigenvalue weighted by Crippen LogP contribution is -2.43. The number of aryl methyl sites for hydroxylation is 1. The number of carbonyl (C=O) groups is 2. The van der Waals surface area contributed by atoms with Crippen LogP contribution in [0.5, 0.6) is 5.75 Å². The maximum Gasteiger partial charge on any atom is 0.519 e. The lowest BCUT2D eigenvalue weighted by atomic mass is 9.88. The third kappa shape index (κ3) is 6.68. The summed E-state index contributed by atoms with van der Waals surface area (Å²) >= 11 is 0. The predicted molar refractivity (Wildman–Crippen MR) is 128 cm³/mol. The third-order valence-electron chi connectivity index (χ3n) is 4.74. The number of amides is 2. The zero-order valence-corrected chi connectivity index (χ0v) is 20.1. The van der Waals surface area contributed by atoms with Crippen LogP contribution in [-0.2, 0) is 16.1 Å². The number of nitrogen functional groups attached to an aromatic ring is 1. The Balaban J connectivity index is 1.72. The second kappa shape index (κ2) is 10.7. The van der Waals surface area contributed by atoms with Crippen LogP contribution >= 0.6 is 0 Å². The molecule has 36 heavy (non-hydrogen) atoms. The summed E-state index contributed by atoms with van der Waals surface area (Å²) in [4.78, 5) is 39.1.